The lowest BCUT2D eigenvalue weighted by molar-refractivity contribution is 0.322. The number of ether oxygens (including phenoxy) is 3. The van der Waals surface area contributed by atoms with Crippen LogP contribution in [0.1, 0.15) is 25.8 Å². The lowest BCUT2D eigenvalue weighted by atomic mass is 10.1. The number of methoxy groups -OCH3 is 3. The quantitative estimate of drug-likeness (QED) is 0.344. The van der Waals surface area contributed by atoms with E-state index in [-0.39, 0.29) is 24.0 Å². The zero-order chi connectivity index (χ0) is 17.1. The number of nitrogens with one attached hydrogen (secondary N) is 2. The maximum Gasteiger partial charge on any atom is 0.203 e. The Morgan fingerprint density at radius 2 is 1.71 bits per heavy atom. The van der Waals surface area contributed by atoms with E-state index in [0.717, 1.165) is 44.0 Å². The SMILES string of the molecule is CCCN=C(NCC)NCCc1ccc(OC)c(OC)c1OC.I. The summed E-state index contributed by atoms with van der Waals surface area (Å²) in [4.78, 5) is 4.49. The third-order valence-corrected chi connectivity index (χ3v) is 3.31. The molecule has 0 aliphatic rings. The van der Waals surface area contributed by atoms with Crippen molar-refractivity contribution in [2.45, 2.75) is 26.7 Å². The highest BCUT2D eigenvalue weighted by Crippen LogP contribution is 2.39. The summed E-state index contributed by atoms with van der Waals surface area (Å²) < 4.78 is 16.2. The van der Waals surface area contributed by atoms with Crippen LogP contribution in [-0.4, -0.2) is 46.9 Å². The highest BCUT2D eigenvalue weighted by atomic mass is 127. The molecule has 24 heavy (non-hydrogen) atoms. The van der Waals surface area contributed by atoms with Gasteiger partial charge in [-0.15, -0.1) is 24.0 Å². The van der Waals surface area contributed by atoms with Crippen LogP contribution in [0.15, 0.2) is 17.1 Å². The molecule has 7 heteroatoms. The van der Waals surface area contributed by atoms with Crippen LogP contribution >= 0.6 is 24.0 Å². The van der Waals surface area contributed by atoms with Crippen molar-refractivity contribution in [3.8, 4) is 17.2 Å². The van der Waals surface area contributed by atoms with Crippen LogP contribution in [0.3, 0.4) is 0 Å². The predicted octanol–water partition coefficient (Wildman–Crippen LogP) is 2.84. The average Bonchev–Trinajstić information content (AvgIpc) is 2.58. The van der Waals surface area contributed by atoms with Gasteiger partial charge in [0, 0.05) is 25.2 Å². The molecule has 0 aliphatic heterocycles. The molecule has 1 aromatic carbocycles. The molecule has 2 N–H and O–H groups in total. The average molecular weight is 451 g/mol. The van der Waals surface area contributed by atoms with Gasteiger partial charge in [-0.3, -0.25) is 4.99 Å². The fraction of sp³-hybridized carbons (Fsp3) is 0.588. The summed E-state index contributed by atoms with van der Waals surface area (Å²) in [6.45, 7) is 6.58. The van der Waals surface area contributed by atoms with Gasteiger partial charge < -0.3 is 24.8 Å². The fourth-order valence-corrected chi connectivity index (χ4v) is 2.24. The molecular formula is C17H30IN3O3. The molecule has 0 amide bonds. The van der Waals surface area contributed by atoms with Crippen LogP contribution in [0, 0.1) is 0 Å². The lowest BCUT2D eigenvalue weighted by Crippen LogP contribution is -2.38. The Balaban J connectivity index is 0.00000529. The smallest absolute Gasteiger partial charge is 0.203 e. The second-order valence-corrected chi connectivity index (χ2v) is 4.93. The molecule has 138 valence electrons. The van der Waals surface area contributed by atoms with Crippen molar-refractivity contribution in [3.05, 3.63) is 17.7 Å². The molecule has 0 unspecified atom stereocenters. The van der Waals surface area contributed by atoms with Gasteiger partial charge in [-0.25, -0.2) is 0 Å². The third kappa shape index (κ3) is 6.62. The Morgan fingerprint density at radius 1 is 1.00 bits per heavy atom. The number of guanidine groups is 1. The summed E-state index contributed by atoms with van der Waals surface area (Å²) in [6.07, 6.45) is 1.82. The summed E-state index contributed by atoms with van der Waals surface area (Å²) in [6, 6.07) is 3.89. The molecule has 0 spiro atoms. The van der Waals surface area contributed by atoms with Crippen molar-refractivity contribution < 1.29 is 14.2 Å². The van der Waals surface area contributed by atoms with Crippen molar-refractivity contribution in [2.24, 2.45) is 4.99 Å². The summed E-state index contributed by atoms with van der Waals surface area (Å²) in [5.74, 6) is 2.84. The molecule has 0 radical (unpaired) electrons. The van der Waals surface area contributed by atoms with Crippen molar-refractivity contribution in [2.75, 3.05) is 41.0 Å². The van der Waals surface area contributed by atoms with E-state index < -0.39 is 0 Å². The van der Waals surface area contributed by atoms with Crippen LogP contribution in [0.5, 0.6) is 17.2 Å². The van der Waals surface area contributed by atoms with Crippen LogP contribution in [0.4, 0.5) is 0 Å². The van der Waals surface area contributed by atoms with Gasteiger partial charge >= 0.3 is 0 Å². The highest BCUT2D eigenvalue weighted by molar-refractivity contribution is 14.0. The van der Waals surface area contributed by atoms with Gasteiger partial charge in [-0.05, 0) is 25.8 Å². The van der Waals surface area contributed by atoms with Crippen LogP contribution in [0.2, 0.25) is 0 Å². The standard InChI is InChI=1S/C17H29N3O3.HI/c1-6-11-19-17(18-7-2)20-12-10-13-8-9-14(21-3)16(23-5)15(13)22-4;/h8-9H,6-7,10-12H2,1-5H3,(H2,18,19,20);1H. The third-order valence-electron chi connectivity index (χ3n) is 3.31. The molecule has 6 nitrogen and oxygen atoms in total. The van der Waals surface area contributed by atoms with E-state index >= 15 is 0 Å². The molecule has 0 saturated heterocycles. The molecule has 0 bridgehead atoms. The van der Waals surface area contributed by atoms with E-state index in [0.29, 0.717) is 17.2 Å². The Kier molecular flexibility index (Phi) is 12.2. The first-order valence-electron chi connectivity index (χ1n) is 8.01. The second-order valence-electron chi connectivity index (χ2n) is 4.93. The number of hydrogen-bond donors (Lipinski definition) is 2. The number of hydrogen-bond acceptors (Lipinski definition) is 4. The zero-order valence-electron chi connectivity index (χ0n) is 15.3. The molecule has 0 heterocycles. The van der Waals surface area contributed by atoms with E-state index in [1.54, 1.807) is 21.3 Å². The molecule has 0 fully saturated rings. The number of halogens is 1. The summed E-state index contributed by atoms with van der Waals surface area (Å²) >= 11 is 0. The summed E-state index contributed by atoms with van der Waals surface area (Å²) in [5, 5.41) is 6.57. The van der Waals surface area contributed by atoms with Gasteiger partial charge in [0.2, 0.25) is 5.75 Å². The van der Waals surface area contributed by atoms with Crippen molar-refractivity contribution >= 4 is 29.9 Å². The molecule has 0 saturated carbocycles. The minimum atomic E-state index is 0. The summed E-state index contributed by atoms with van der Waals surface area (Å²) in [5.41, 5.74) is 1.06. The summed E-state index contributed by atoms with van der Waals surface area (Å²) in [7, 11) is 4.87. The number of aliphatic imine (C=N–C) groups is 1. The van der Waals surface area contributed by atoms with Gasteiger partial charge in [0.1, 0.15) is 0 Å². The molecule has 0 aromatic heterocycles. The van der Waals surface area contributed by atoms with Gasteiger partial charge in [-0.2, -0.15) is 0 Å². The topological polar surface area (TPSA) is 64.1 Å². The normalized spacial score (nSPS) is 10.6. The van der Waals surface area contributed by atoms with Gasteiger partial charge in [-0.1, -0.05) is 13.0 Å². The van der Waals surface area contributed by atoms with Crippen LogP contribution < -0.4 is 24.8 Å². The van der Waals surface area contributed by atoms with Crippen molar-refractivity contribution in [3.63, 3.8) is 0 Å². The van der Waals surface area contributed by atoms with E-state index in [4.69, 9.17) is 14.2 Å². The molecule has 1 aromatic rings. The minimum absolute atomic E-state index is 0. The van der Waals surface area contributed by atoms with Crippen molar-refractivity contribution in [1.82, 2.24) is 10.6 Å². The van der Waals surface area contributed by atoms with E-state index in [1.165, 1.54) is 0 Å². The Labute approximate surface area is 162 Å². The monoisotopic (exact) mass is 451 g/mol. The minimum Gasteiger partial charge on any atom is -0.493 e. The molecular weight excluding hydrogens is 421 g/mol. The van der Waals surface area contributed by atoms with E-state index in [2.05, 4.69) is 29.5 Å². The number of rotatable bonds is 9. The first-order chi connectivity index (χ1) is 11.2. The highest BCUT2D eigenvalue weighted by Gasteiger charge is 2.15. The van der Waals surface area contributed by atoms with Gasteiger partial charge in [0.25, 0.3) is 0 Å². The first kappa shape index (κ1) is 22.6. The predicted molar refractivity (Wildman–Crippen MR) is 109 cm³/mol. The Bertz CT molecular complexity index is 510. The number of benzene rings is 1. The van der Waals surface area contributed by atoms with E-state index in [1.807, 2.05) is 12.1 Å². The van der Waals surface area contributed by atoms with E-state index in [9.17, 15) is 0 Å². The number of nitrogens with zero attached hydrogens (tertiary/aromatic N) is 1. The lowest BCUT2D eigenvalue weighted by Gasteiger charge is -2.16. The largest absolute Gasteiger partial charge is 0.493 e. The molecule has 0 aliphatic carbocycles. The zero-order valence-corrected chi connectivity index (χ0v) is 17.6. The Morgan fingerprint density at radius 3 is 2.25 bits per heavy atom. The molecule has 1 rings (SSSR count). The maximum absolute atomic E-state index is 5.50. The first-order valence-corrected chi connectivity index (χ1v) is 8.01. The second kappa shape index (κ2) is 13.0. The Hall–Kier alpha value is -1.38. The van der Waals surface area contributed by atoms with Crippen molar-refractivity contribution in [1.29, 1.82) is 0 Å². The fourth-order valence-electron chi connectivity index (χ4n) is 2.24. The van der Waals surface area contributed by atoms with Crippen LogP contribution in [-0.2, 0) is 6.42 Å². The maximum atomic E-state index is 5.50. The molecule has 0 atom stereocenters. The van der Waals surface area contributed by atoms with Gasteiger partial charge in [0.05, 0.1) is 21.3 Å². The van der Waals surface area contributed by atoms with Gasteiger partial charge in [0.15, 0.2) is 17.5 Å². The van der Waals surface area contributed by atoms with Crippen LogP contribution in [0.25, 0.3) is 0 Å².